The second kappa shape index (κ2) is 27.5. The van der Waals surface area contributed by atoms with Gasteiger partial charge in [-0.05, 0) is 61.3 Å². The van der Waals surface area contributed by atoms with E-state index in [2.05, 4.69) is 10.6 Å². The lowest BCUT2D eigenvalue weighted by Gasteiger charge is -2.35. The first-order valence-electron chi connectivity index (χ1n) is 23.0. The van der Waals surface area contributed by atoms with Crippen LogP contribution in [0.3, 0.4) is 0 Å². The summed E-state index contributed by atoms with van der Waals surface area (Å²) in [4.78, 5) is 135. The molecule has 2 fully saturated rings. The summed E-state index contributed by atoms with van der Waals surface area (Å²) in [6.07, 6.45) is 2.81. The number of fused-ring (bicyclic) bond motifs is 1. The molecule has 376 valence electrons. The van der Waals surface area contributed by atoms with Crippen LogP contribution in [0, 0.1) is 5.92 Å². The lowest BCUT2D eigenvalue weighted by molar-refractivity contribution is -0.142. The monoisotopic (exact) mass is 974 g/mol. The van der Waals surface area contributed by atoms with Crippen molar-refractivity contribution in [1.29, 1.82) is 0 Å². The number of ketones is 1. The first-order chi connectivity index (χ1) is 32.3. The van der Waals surface area contributed by atoms with Gasteiger partial charge in [0.15, 0.2) is 5.78 Å². The molecule has 0 radical (unpaired) electrons. The van der Waals surface area contributed by atoms with Gasteiger partial charge in [0.05, 0.1) is 32.2 Å². The zero-order chi connectivity index (χ0) is 49.9. The smallest absolute Gasteiger partial charge is 0.326 e. The molecule has 22 nitrogen and oxygen atoms in total. The van der Waals surface area contributed by atoms with E-state index in [1.54, 1.807) is 38.7 Å². The predicted molar refractivity (Wildman–Crippen MR) is 247 cm³/mol. The number of likely N-dealkylation sites (tertiary alicyclic amines) is 1. The number of hydrogen-bond donors (Lipinski definition) is 6. The number of unbranched alkanes of at least 4 members (excludes halogenated alkanes) is 1. The van der Waals surface area contributed by atoms with Gasteiger partial charge in [-0.1, -0.05) is 19.1 Å². The van der Waals surface area contributed by atoms with E-state index in [4.69, 9.17) is 0 Å². The predicted octanol–water partition coefficient (Wildman–Crippen LogP) is -0.618. The topological polar surface area (TPSA) is 295 Å². The van der Waals surface area contributed by atoms with Crippen LogP contribution < -0.4 is 10.6 Å². The third-order valence-corrected chi connectivity index (χ3v) is 13.0. The van der Waals surface area contributed by atoms with Gasteiger partial charge >= 0.3 is 23.9 Å². The molecule has 0 spiro atoms. The Hall–Kier alpha value is -5.49. The number of amides is 5. The lowest BCUT2D eigenvalue weighted by Crippen LogP contribution is -2.50. The van der Waals surface area contributed by atoms with Gasteiger partial charge in [-0.2, -0.15) is 11.8 Å². The molecule has 4 rings (SSSR count). The lowest BCUT2D eigenvalue weighted by atomic mass is 9.93. The SMILES string of the molecule is CSCC[C@H](NC(=O)c1cccc2c1CCN(C(=O)CN1CCN(CC(=O)O)CCN(CC(=O)O)CCN(CC(=O)O)CC1)C2)C(=O)CCC(=O)N[C@@H](CCCCN1C(=O)CC(C)C1=O)C(=O)O. The first-order valence-corrected chi connectivity index (χ1v) is 24.4. The number of carbonyl (C=O) groups is 10. The highest BCUT2D eigenvalue weighted by Gasteiger charge is 2.35. The van der Waals surface area contributed by atoms with Crippen molar-refractivity contribution in [3.8, 4) is 0 Å². The molecule has 68 heavy (non-hydrogen) atoms. The van der Waals surface area contributed by atoms with Crippen molar-refractivity contribution in [3.05, 3.63) is 34.9 Å². The molecule has 6 N–H and O–H groups in total. The molecule has 23 heteroatoms. The maximum absolute atomic E-state index is 13.9. The Morgan fingerprint density at radius 3 is 1.76 bits per heavy atom. The van der Waals surface area contributed by atoms with Crippen molar-refractivity contribution in [2.24, 2.45) is 5.92 Å². The molecule has 0 aliphatic carbocycles. The molecule has 1 unspecified atom stereocenters. The van der Waals surface area contributed by atoms with Crippen LogP contribution >= 0.6 is 11.8 Å². The summed E-state index contributed by atoms with van der Waals surface area (Å²) in [5.74, 6) is -6.55. The Kier molecular flexibility index (Phi) is 22.3. The van der Waals surface area contributed by atoms with E-state index in [1.165, 1.54) is 16.7 Å². The number of imide groups is 1. The Morgan fingerprint density at radius 1 is 0.706 bits per heavy atom. The molecule has 3 heterocycles. The van der Waals surface area contributed by atoms with Crippen LogP contribution in [0.1, 0.15) is 73.4 Å². The Bertz CT molecular complexity index is 1970. The van der Waals surface area contributed by atoms with Crippen molar-refractivity contribution in [2.45, 2.75) is 76.9 Å². The van der Waals surface area contributed by atoms with E-state index < -0.39 is 53.6 Å². The summed E-state index contributed by atoms with van der Waals surface area (Å²) in [7, 11) is 0. The molecule has 1 aromatic carbocycles. The molecule has 0 bridgehead atoms. The molecule has 1 aromatic rings. The molecular weight excluding hydrogens is 909 g/mol. The van der Waals surface area contributed by atoms with E-state index in [0.29, 0.717) is 36.1 Å². The van der Waals surface area contributed by atoms with Gasteiger partial charge in [-0.25, -0.2) is 4.79 Å². The maximum Gasteiger partial charge on any atom is 0.326 e. The average molecular weight is 975 g/mol. The van der Waals surface area contributed by atoms with Gasteiger partial charge in [0, 0.05) is 103 Å². The van der Waals surface area contributed by atoms with E-state index in [0.717, 1.165) is 5.56 Å². The van der Waals surface area contributed by atoms with Gasteiger partial charge in [0.1, 0.15) is 6.04 Å². The highest BCUT2D eigenvalue weighted by atomic mass is 32.2. The molecule has 3 aliphatic heterocycles. The maximum atomic E-state index is 13.9. The number of benzene rings is 1. The van der Waals surface area contributed by atoms with Crippen LogP contribution in [-0.2, 0) is 56.1 Å². The van der Waals surface area contributed by atoms with Gasteiger partial charge < -0.3 is 36.0 Å². The Morgan fingerprint density at radius 2 is 1.26 bits per heavy atom. The molecule has 0 aromatic heterocycles. The highest BCUT2D eigenvalue weighted by molar-refractivity contribution is 7.98. The molecule has 0 saturated carbocycles. The van der Waals surface area contributed by atoms with E-state index >= 15 is 0 Å². The number of aliphatic carboxylic acids is 4. The second-order valence-electron chi connectivity index (χ2n) is 17.5. The van der Waals surface area contributed by atoms with Crippen molar-refractivity contribution in [2.75, 3.05) is 104 Å². The first kappa shape index (κ1) is 55.1. The van der Waals surface area contributed by atoms with Crippen LogP contribution in [0.15, 0.2) is 18.2 Å². The summed E-state index contributed by atoms with van der Waals surface area (Å²) >= 11 is 1.47. The van der Waals surface area contributed by atoms with Crippen molar-refractivity contribution >= 4 is 71.0 Å². The quantitative estimate of drug-likeness (QED) is 0.0556. The van der Waals surface area contributed by atoms with E-state index in [1.807, 2.05) is 17.2 Å². The number of thioether (sulfide) groups is 1. The van der Waals surface area contributed by atoms with Gasteiger partial charge in [-0.3, -0.25) is 67.7 Å². The number of nitrogens with one attached hydrogen (secondary N) is 2. The van der Waals surface area contributed by atoms with Crippen LogP contribution in [-0.4, -0.2) is 225 Å². The van der Waals surface area contributed by atoms with Crippen LogP contribution in [0.2, 0.25) is 0 Å². The molecule has 2 saturated heterocycles. The standard InChI is InChI=1S/C45H66N8O14S/c1-30-24-38(56)53(44(30)65)13-4-3-8-35(45(66)67)46-37(55)10-9-36(54)34(12-23-68-2)47-43(64)33-7-5-6-31-25-52(14-11-32(31)33)39(57)26-48-15-17-49(27-40(58)59)19-21-51(29-42(62)63)22-20-50(18-16-48)28-41(60)61/h5-7,30,34-35H,3-4,8-29H2,1-2H3,(H,46,55)(H,47,64)(H,58,59)(H,60,61)(H,62,63)(H,66,67)/t30?,34-,35-/m0/s1. The average Bonchev–Trinajstić information content (AvgIpc) is 3.52. The van der Waals surface area contributed by atoms with Gasteiger partial charge in [-0.15, -0.1) is 0 Å². The summed E-state index contributed by atoms with van der Waals surface area (Å²) in [6.45, 7) is 3.48. The molecule has 3 aliphatic rings. The van der Waals surface area contributed by atoms with Crippen molar-refractivity contribution in [3.63, 3.8) is 0 Å². The number of carbonyl (C=O) groups excluding carboxylic acids is 6. The fourth-order valence-corrected chi connectivity index (χ4v) is 9.00. The van der Waals surface area contributed by atoms with Crippen LogP contribution in [0.25, 0.3) is 0 Å². The summed E-state index contributed by atoms with van der Waals surface area (Å²) in [5.41, 5.74) is 1.80. The number of carboxylic acids is 4. The fraction of sp³-hybridized carbons (Fsp3) is 0.644. The number of rotatable bonds is 24. The molecular formula is C45H66N8O14S. The normalized spacial score (nSPS) is 19.0. The zero-order valence-electron chi connectivity index (χ0n) is 38.9. The summed E-state index contributed by atoms with van der Waals surface area (Å²) < 4.78 is 0. The zero-order valence-corrected chi connectivity index (χ0v) is 39.7. The fourth-order valence-electron chi connectivity index (χ4n) is 8.53. The van der Waals surface area contributed by atoms with E-state index in [9.17, 15) is 68.4 Å². The third kappa shape index (κ3) is 17.9. The largest absolute Gasteiger partial charge is 0.480 e. The second-order valence-corrected chi connectivity index (χ2v) is 18.5. The highest BCUT2D eigenvalue weighted by Crippen LogP contribution is 2.24. The minimum absolute atomic E-state index is 0.0403. The number of Topliss-reactive ketones (excluding diaryl/α,β-unsaturated/α-hetero) is 1. The minimum atomic E-state index is -1.26. The molecule has 3 atom stereocenters. The van der Waals surface area contributed by atoms with E-state index in [-0.39, 0.29) is 154 Å². The summed E-state index contributed by atoms with van der Waals surface area (Å²) in [5, 5.41) is 43.6. The van der Waals surface area contributed by atoms with Gasteiger partial charge in [0.25, 0.3) is 5.91 Å². The summed E-state index contributed by atoms with van der Waals surface area (Å²) in [6, 6.07) is 2.98. The van der Waals surface area contributed by atoms with Gasteiger partial charge in [0.2, 0.25) is 23.6 Å². The van der Waals surface area contributed by atoms with Crippen molar-refractivity contribution < 1.29 is 68.4 Å². The van der Waals surface area contributed by atoms with Crippen LogP contribution in [0.4, 0.5) is 0 Å². The third-order valence-electron chi connectivity index (χ3n) is 12.4. The molecule has 5 amide bonds. The van der Waals surface area contributed by atoms with Crippen molar-refractivity contribution in [1.82, 2.24) is 40.0 Å². The van der Waals surface area contributed by atoms with Crippen LogP contribution in [0.5, 0.6) is 0 Å². The number of hydrogen-bond acceptors (Lipinski definition) is 15. The number of nitrogens with zero attached hydrogens (tertiary/aromatic N) is 6. The Balaban J connectivity index is 1.35. The number of carboxylic acid groups (broad SMARTS) is 4. The minimum Gasteiger partial charge on any atom is -0.480 e. The Labute approximate surface area is 399 Å².